The fourth-order valence-electron chi connectivity index (χ4n) is 1.07. The summed E-state index contributed by atoms with van der Waals surface area (Å²) in [4.78, 5) is 0. The zero-order chi connectivity index (χ0) is 9.97. The van der Waals surface area contributed by atoms with Crippen LogP contribution in [-0.4, -0.2) is 22.4 Å². The minimum Gasteiger partial charge on any atom is -0.497 e. The molecule has 0 fully saturated rings. The molecule has 14 heavy (non-hydrogen) atoms. The number of benzene rings is 1. The summed E-state index contributed by atoms with van der Waals surface area (Å²) in [5.41, 5.74) is 0.735. The average molecular weight is 192 g/mol. The number of rotatable bonds is 2. The number of hydrogen-bond acceptors (Lipinski definition) is 5. The van der Waals surface area contributed by atoms with Crippen molar-refractivity contribution in [2.75, 3.05) is 7.11 Å². The predicted octanol–water partition coefficient (Wildman–Crippen LogP) is 1.45. The first-order valence-electron chi connectivity index (χ1n) is 3.96. The third-order valence-corrected chi connectivity index (χ3v) is 1.75. The van der Waals surface area contributed by atoms with Crippen LogP contribution in [0.4, 0.5) is 0 Å². The Balaban J connectivity index is 2.33. The van der Waals surface area contributed by atoms with Crippen molar-refractivity contribution in [3.63, 3.8) is 0 Å². The van der Waals surface area contributed by atoms with Gasteiger partial charge >= 0.3 is 6.08 Å². The standard InChI is InChI=1S/C9H8N2O3/c1-13-7-4-2-6(3-5-7)8-10-11-9(12)14-8/h2-5H,1H3,(H,11,12). The van der Waals surface area contributed by atoms with E-state index >= 15 is 0 Å². The van der Waals surface area contributed by atoms with Gasteiger partial charge in [0.2, 0.25) is 0 Å². The Kier molecular flexibility index (Phi) is 2.06. The van der Waals surface area contributed by atoms with Gasteiger partial charge in [-0.3, -0.25) is 0 Å². The van der Waals surface area contributed by atoms with Crippen molar-refractivity contribution in [2.24, 2.45) is 0 Å². The summed E-state index contributed by atoms with van der Waals surface area (Å²) < 4.78 is 9.83. The van der Waals surface area contributed by atoms with Gasteiger partial charge in [0.05, 0.1) is 7.11 Å². The summed E-state index contributed by atoms with van der Waals surface area (Å²) in [5.74, 6) is 1.03. The lowest BCUT2D eigenvalue weighted by molar-refractivity contribution is 0.320. The van der Waals surface area contributed by atoms with E-state index in [0.29, 0.717) is 0 Å². The van der Waals surface area contributed by atoms with E-state index < -0.39 is 6.08 Å². The van der Waals surface area contributed by atoms with E-state index in [1.807, 2.05) is 0 Å². The van der Waals surface area contributed by atoms with Gasteiger partial charge in [-0.25, -0.2) is 0 Å². The van der Waals surface area contributed by atoms with Gasteiger partial charge in [0.15, 0.2) is 0 Å². The molecule has 5 nitrogen and oxygen atoms in total. The van der Waals surface area contributed by atoms with E-state index in [9.17, 15) is 0 Å². The first-order chi connectivity index (χ1) is 6.79. The normalized spacial score (nSPS) is 10.1. The summed E-state index contributed by atoms with van der Waals surface area (Å²) >= 11 is 0. The Labute approximate surface area is 80.0 Å². The lowest BCUT2D eigenvalue weighted by Crippen LogP contribution is -1.82. The summed E-state index contributed by atoms with van der Waals surface area (Å²) in [6, 6.07) is 7.09. The molecule has 72 valence electrons. The minimum atomic E-state index is -0.434. The Morgan fingerprint density at radius 1 is 1.21 bits per heavy atom. The molecule has 1 aromatic carbocycles. The zero-order valence-corrected chi connectivity index (χ0v) is 7.47. The molecule has 0 unspecified atom stereocenters. The average Bonchev–Trinajstić information content (AvgIpc) is 2.65. The molecule has 1 aromatic heterocycles. The van der Waals surface area contributed by atoms with Gasteiger partial charge in [-0.2, -0.15) is 0 Å². The van der Waals surface area contributed by atoms with E-state index in [4.69, 9.17) is 14.3 Å². The highest BCUT2D eigenvalue weighted by atomic mass is 16.5. The molecule has 2 rings (SSSR count). The van der Waals surface area contributed by atoms with Gasteiger partial charge in [0.1, 0.15) is 5.75 Å². The number of methoxy groups -OCH3 is 1. The van der Waals surface area contributed by atoms with E-state index in [1.165, 1.54) is 0 Å². The van der Waals surface area contributed by atoms with E-state index in [1.54, 1.807) is 31.4 Å². The smallest absolute Gasteiger partial charge is 0.412 e. The van der Waals surface area contributed by atoms with Crippen LogP contribution in [0.25, 0.3) is 11.5 Å². The Morgan fingerprint density at radius 3 is 2.43 bits per heavy atom. The van der Waals surface area contributed by atoms with Crippen LogP contribution in [-0.2, 0) is 0 Å². The highest BCUT2D eigenvalue weighted by Crippen LogP contribution is 2.22. The molecule has 0 aliphatic carbocycles. The minimum absolute atomic E-state index is 0.283. The molecule has 0 spiro atoms. The molecule has 2 aromatic rings. The van der Waals surface area contributed by atoms with Gasteiger partial charge in [-0.15, -0.1) is 5.10 Å². The third-order valence-electron chi connectivity index (χ3n) is 1.75. The lowest BCUT2D eigenvalue weighted by Gasteiger charge is -1.98. The molecule has 0 saturated heterocycles. The number of aromatic nitrogens is 2. The Morgan fingerprint density at radius 2 is 1.93 bits per heavy atom. The number of nitrogens with zero attached hydrogens (tertiary/aromatic N) is 2. The topological polar surface area (TPSA) is 68.4 Å². The first kappa shape index (κ1) is 8.55. The molecule has 1 N–H and O–H groups in total. The van der Waals surface area contributed by atoms with Crippen molar-refractivity contribution in [1.82, 2.24) is 10.2 Å². The maximum atomic E-state index is 8.85. The summed E-state index contributed by atoms with van der Waals surface area (Å²) in [6.07, 6.45) is -0.434. The van der Waals surface area contributed by atoms with Crippen molar-refractivity contribution >= 4 is 0 Å². The lowest BCUT2D eigenvalue weighted by atomic mass is 10.2. The van der Waals surface area contributed by atoms with Crippen molar-refractivity contribution in [1.29, 1.82) is 0 Å². The molecule has 0 bridgehead atoms. The van der Waals surface area contributed by atoms with Crippen LogP contribution in [0.2, 0.25) is 0 Å². The predicted molar refractivity (Wildman–Crippen MR) is 48.0 cm³/mol. The van der Waals surface area contributed by atoms with Crippen LogP contribution in [0.3, 0.4) is 0 Å². The second-order valence-electron chi connectivity index (χ2n) is 2.62. The van der Waals surface area contributed by atoms with Crippen LogP contribution in [0.5, 0.6) is 11.8 Å². The quantitative estimate of drug-likeness (QED) is 0.779. The molecule has 0 atom stereocenters. The first-order valence-corrected chi connectivity index (χ1v) is 3.96. The largest absolute Gasteiger partial charge is 0.497 e. The van der Waals surface area contributed by atoms with E-state index in [0.717, 1.165) is 11.3 Å². The summed E-state index contributed by atoms with van der Waals surface area (Å²) in [6.45, 7) is 0. The summed E-state index contributed by atoms with van der Waals surface area (Å²) in [7, 11) is 1.59. The molecule has 0 radical (unpaired) electrons. The van der Waals surface area contributed by atoms with Crippen LogP contribution >= 0.6 is 0 Å². The van der Waals surface area contributed by atoms with Gasteiger partial charge in [0, 0.05) is 5.56 Å². The van der Waals surface area contributed by atoms with Gasteiger partial charge < -0.3 is 14.3 Å². The monoisotopic (exact) mass is 192 g/mol. The second-order valence-corrected chi connectivity index (χ2v) is 2.62. The fraction of sp³-hybridized carbons (Fsp3) is 0.111. The maximum absolute atomic E-state index is 8.85. The molecular weight excluding hydrogens is 184 g/mol. The maximum Gasteiger partial charge on any atom is 0.412 e. The van der Waals surface area contributed by atoms with E-state index in [-0.39, 0.29) is 5.89 Å². The van der Waals surface area contributed by atoms with Gasteiger partial charge in [-0.05, 0) is 24.3 Å². The second kappa shape index (κ2) is 3.37. The van der Waals surface area contributed by atoms with Gasteiger partial charge in [0.25, 0.3) is 5.89 Å². The highest BCUT2D eigenvalue weighted by molar-refractivity contribution is 5.54. The molecule has 0 saturated carbocycles. The number of aromatic hydroxyl groups is 1. The van der Waals surface area contributed by atoms with Crippen LogP contribution in [0, 0.1) is 0 Å². The third kappa shape index (κ3) is 1.52. The van der Waals surface area contributed by atoms with Crippen molar-refractivity contribution in [3.05, 3.63) is 24.3 Å². The molecule has 1 heterocycles. The molecule has 5 heteroatoms. The fourth-order valence-corrected chi connectivity index (χ4v) is 1.07. The number of hydrogen-bond donors (Lipinski definition) is 1. The van der Waals surface area contributed by atoms with Crippen LogP contribution in [0.1, 0.15) is 0 Å². The van der Waals surface area contributed by atoms with Gasteiger partial charge in [-0.1, -0.05) is 5.10 Å². The van der Waals surface area contributed by atoms with Crippen LogP contribution in [0.15, 0.2) is 28.7 Å². The Bertz CT molecular complexity index is 422. The van der Waals surface area contributed by atoms with E-state index in [2.05, 4.69) is 10.2 Å². The summed E-state index contributed by atoms with van der Waals surface area (Å²) in [5, 5.41) is 15.8. The number of ether oxygens (including phenoxy) is 1. The molecular formula is C9H8N2O3. The molecule has 0 amide bonds. The highest BCUT2D eigenvalue weighted by Gasteiger charge is 2.06. The molecule has 0 aliphatic rings. The van der Waals surface area contributed by atoms with Crippen molar-refractivity contribution < 1.29 is 14.3 Å². The van der Waals surface area contributed by atoms with Crippen molar-refractivity contribution in [2.45, 2.75) is 0 Å². The SMILES string of the molecule is COc1ccc(-c2nnc(O)o2)cc1. The molecule has 0 aliphatic heterocycles. The van der Waals surface area contributed by atoms with Crippen molar-refractivity contribution in [3.8, 4) is 23.3 Å². The Hall–Kier alpha value is -2.04. The zero-order valence-electron chi connectivity index (χ0n) is 7.47. The van der Waals surface area contributed by atoms with Crippen LogP contribution < -0.4 is 4.74 Å².